The zero-order valence-corrected chi connectivity index (χ0v) is 23.5. The predicted octanol–water partition coefficient (Wildman–Crippen LogP) is 3.86. The lowest BCUT2D eigenvalue weighted by atomic mass is 10.1. The van der Waals surface area contributed by atoms with E-state index >= 15 is 0 Å². The number of nitrogens with one attached hydrogen (secondary N) is 2. The van der Waals surface area contributed by atoms with Crippen molar-refractivity contribution < 1.29 is 49.1 Å². The number of amides is 2. The van der Waals surface area contributed by atoms with Crippen molar-refractivity contribution in [3.8, 4) is 5.75 Å². The van der Waals surface area contributed by atoms with E-state index in [2.05, 4.69) is 5.32 Å². The third-order valence-electron chi connectivity index (χ3n) is 5.35. The van der Waals surface area contributed by atoms with Gasteiger partial charge >= 0.3 is 12.3 Å². The highest BCUT2D eigenvalue weighted by molar-refractivity contribution is 7.92. The largest absolute Gasteiger partial charge is 0.486 e. The fraction of sp³-hybridized carbons (Fsp3) is 0.417. The summed E-state index contributed by atoms with van der Waals surface area (Å²) in [5.74, 6) is -1.42. The summed E-state index contributed by atoms with van der Waals surface area (Å²) in [5.41, 5.74) is -2.07. The van der Waals surface area contributed by atoms with Gasteiger partial charge in [-0.3, -0.25) is 19.1 Å². The van der Waals surface area contributed by atoms with E-state index in [1.54, 1.807) is 20.8 Å². The summed E-state index contributed by atoms with van der Waals surface area (Å²) in [5, 5.41) is 2.45. The molecule has 0 spiro atoms. The lowest BCUT2D eigenvalue weighted by Crippen LogP contribution is -2.46. The molecule has 1 heterocycles. The van der Waals surface area contributed by atoms with Gasteiger partial charge in [0.05, 0.1) is 34.9 Å². The number of hydrogen-bond acceptors (Lipinski definition) is 8. The van der Waals surface area contributed by atoms with Gasteiger partial charge in [0.2, 0.25) is 15.9 Å². The lowest BCUT2D eigenvalue weighted by Gasteiger charge is -2.35. The van der Waals surface area contributed by atoms with Crippen molar-refractivity contribution >= 4 is 43.4 Å². The first kappa shape index (κ1) is 31.0. The minimum atomic E-state index is -4.82. The number of carbonyl (C=O) groups is 2. The van der Waals surface area contributed by atoms with E-state index < -0.39 is 73.4 Å². The third kappa shape index (κ3) is 7.78. The van der Waals surface area contributed by atoms with E-state index in [0.717, 1.165) is 22.5 Å². The highest BCUT2D eigenvalue weighted by atomic mass is 32.2. The van der Waals surface area contributed by atoms with Crippen molar-refractivity contribution in [3.63, 3.8) is 0 Å². The van der Waals surface area contributed by atoms with E-state index in [1.165, 1.54) is 25.1 Å². The Balaban J connectivity index is 2.03. The molecule has 0 saturated carbocycles. The van der Waals surface area contributed by atoms with Crippen molar-refractivity contribution in [1.82, 2.24) is 4.72 Å². The lowest BCUT2D eigenvalue weighted by molar-refractivity contribution is -0.137. The molecule has 0 aromatic heterocycles. The fourth-order valence-electron chi connectivity index (χ4n) is 3.60. The number of hydrogen-bond donors (Lipinski definition) is 2. The van der Waals surface area contributed by atoms with Gasteiger partial charge in [0.1, 0.15) is 17.5 Å². The Labute approximate surface area is 229 Å². The maximum absolute atomic E-state index is 13.7. The Morgan fingerprint density at radius 3 is 2.35 bits per heavy atom. The third-order valence-corrected chi connectivity index (χ3v) is 8.42. The molecular weight excluding hydrogens is 579 g/mol. The number of rotatable bonds is 7. The molecule has 1 unspecified atom stereocenters. The molecular formula is C24H28F3N3O8S2. The number of halogens is 3. The van der Waals surface area contributed by atoms with Gasteiger partial charge in [-0.1, -0.05) is 6.07 Å². The summed E-state index contributed by atoms with van der Waals surface area (Å²) < 4.78 is 104. The average molecular weight is 608 g/mol. The average Bonchev–Trinajstić information content (AvgIpc) is 2.81. The Hall–Kier alpha value is -3.53. The summed E-state index contributed by atoms with van der Waals surface area (Å²) in [4.78, 5) is 23.9. The molecule has 0 bridgehead atoms. The maximum atomic E-state index is 13.7. The predicted molar refractivity (Wildman–Crippen MR) is 139 cm³/mol. The van der Waals surface area contributed by atoms with Crippen LogP contribution in [-0.2, 0) is 35.8 Å². The molecule has 1 atom stereocenters. The second-order valence-corrected chi connectivity index (χ2v) is 13.6. The highest BCUT2D eigenvalue weighted by Crippen LogP contribution is 2.40. The number of carbonyl (C=O) groups excluding carboxylic acids is 2. The first-order valence-electron chi connectivity index (χ1n) is 11.8. The number of fused-ring (bicyclic) bond motifs is 1. The number of anilines is 2. The zero-order valence-electron chi connectivity index (χ0n) is 21.9. The molecule has 40 heavy (non-hydrogen) atoms. The van der Waals surface area contributed by atoms with Crippen molar-refractivity contribution in [2.75, 3.05) is 21.9 Å². The summed E-state index contributed by atoms with van der Waals surface area (Å²) >= 11 is 0. The van der Waals surface area contributed by atoms with E-state index in [9.17, 15) is 39.6 Å². The quantitative estimate of drug-likeness (QED) is 0.482. The minimum absolute atomic E-state index is 0.0762. The molecule has 2 aromatic rings. The number of alkyl halides is 3. The van der Waals surface area contributed by atoms with Crippen LogP contribution >= 0.6 is 0 Å². The number of sulfonamides is 2. The summed E-state index contributed by atoms with van der Waals surface area (Å²) in [6.07, 6.45) is -7.44. The van der Waals surface area contributed by atoms with E-state index in [4.69, 9.17) is 9.47 Å². The van der Waals surface area contributed by atoms with Crippen LogP contribution in [0.1, 0.15) is 39.7 Å². The number of nitrogens with zero attached hydrogens (tertiary/aromatic N) is 1. The SMILES string of the molecule is CCS(=O)(=O)NC(=O)CC1CN(S(=O)(=O)c2cccc(C(F)(F)F)c2)c2cc(NC(=O)OC(C)(C)C)ccc2O1. The van der Waals surface area contributed by atoms with E-state index in [1.807, 2.05) is 4.72 Å². The van der Waals surface area contributed by atoms with Crippen LogP contribution in [-0.4, -0.2) is 52.8 Å². The molecule has 11 nitrogen and oxygen atoms in total. The molecule has 0 aliphatic carbocycles. The van der Waals surface area contributed by atoms with Gasteiger partial charge in [0.15, 0.2) is 0 Å². The van der Waals surface area contributed by atoms with Gasteiger partial charge in [-0.25, -0.2) is 21.6 Å². The van der Waals surface area contributed by atoms with Crippen LogP contribution in [0.3, 0.4) is 0 Å². The molecule has 0 saturated heterocycles. The topological polar surface area (TPSA) is 148 Å². The molecule has 0 fully saturated rings. The molecule has 3 rings (SSSR count). The molecule has 2 amide bonds. The van der Waals surface area contributed by atoms with Crippen molar-refractivity contribution in [2.45, 2.75) is 56.9 Å². The maximum Gasteiger partial charge on any atom is 0.416 e. The van der Waals surface area contributed by atoms with Crippen LogP contribution in [0.15, 0.2) is 47.4 Å². The molecule has 1 aliphatic rings. The molecule has 0 radical (unpaired) electrons. The van der Waals surface area contributed by atoms with Crippen molar-refractivity contribution in [1.29, 1.82) is 0 Å². The van der Waals surface area contributed by atoms with Crippen molar-refractivity contribution in [2.24, 2.45) is 0 Å². The van der Waals surface area contributed by atoms with Gasteiger partial charge in [-0.15, -0.1) is 0 Å². The minimum Gasteiger partial charge on any atom is -0.486 e. The molecule has 2 aromatic carbocycles. The standard InChI is InChI=1S/C24H28F3N3O8S2/c1-5-39(33,34)29-21(31)13-17-14-30(40(35,36)18-8-6-7-15(11-18)24(25,26)27)19-12-16(9-10-20(19)37-17)28-22(32)38-23(2,3)4/h6-12,17H,5,13-14H2,1-4H3,(H,28,32)(H,29,31). The normalized spacial score (nSPS) is 16.0. The van der Waals surface area contributed by atoms with Crippen LogP contribution in [0.4, 0.5) is 29.3 Å². The Morgan fingerprint density at radius 1 is 1.07 bits per heavy atom. The van der Waals surface area contributed by atoms with E-state index in [-0.39, 0.29) is 22.9 Å². The van der Waals surface area contributed by atoms with Gasteiger partial charge in [-0.2, -0.15) is 13.2 Å². The molecule has 16 heteroatoms. The second kappa shape index (κ2) is 11.2. The van der Waals surface area contributed by atoms with Crippen molar-refractivity contribution in [3.05, 3.63) is 48.0 Å². The molecule has 1 aliphatic heterocycles. The Morgan fingerprint density at radius 2 is 1.75 bits per heavy atom. The highest BCUT2D eigenvalue weighted by Gasteiger charge is 2.38. The first-order valence-corrected chi connectivity index (χ1v) is 14.9. The van der Waals surface area contributed by atoms with E-state index in [0.29, 0.717) is 6.07 Å². The van der Waals surface area contributed by atoms with Gasteiger partial charge in [0.25, 0.3) is 10.0 Å². The van der Waals surface area contributed by atoms with Crippen LogP contribution in [0.2, 0.25) is 0 Å². The monoisotopic (exact) mass is 607 g/mol. The summed E-state index contributed by atoms with van der Waals surface area (Å²) in [7, 11) is -8.59. The second-order valence-electron chi connectivity index (χ2n) is 9.74. The fourth-order valence-corrected chi connectivity index (χ4v) is 5.72. The smallest absolute Gasteiger partial charge is 0.416 e. The van der Waals surface area contributed by atoms with Gasteiger partial charge < -0.3 is 9.47 Å². The van der Waals surface area contributed by atoms with Crippen LogP contribution in [0.5, 0.6) is 5.75 Å². The Bertz CT molecular complexity index is 1500. The van der Waals surface area contributed by atoms with Gasteiger partial charge in [0, 0.05) is 5.69 Å². The van der Waals surface area contributed by atoms with Gasteiger partial charge in [-0.05, 0) is 64.1 Å². The number of benzene rings is 2. The van der Waals surface area contributed by atoms with Crippen LogP contribution in [0, 0.1) is 0 Å². The Kier molecular flexibility index (Phi) is 8.65. The number of ether oxygens (including phenoxy) is 2. The summed E-state index contributed by atoms with van der Waals surface area (Å²) in [6.45, 7) is 5.67. The molecule has 220 valence electrons. The van der Waals surface area contributed by atoms with Crippen LogP contribution in [0.25, 0.3) is 0 Å². The zero-order chi connectivity index (χ0) is 30.1. The first-order chi connectivity index (χ1) is 18.3. The van der Waals surface area contributed by atoms with Crippen LogP contribution < -0.4 is 19.1 Å². The summed E-state index contributed by atoms with van der Waals surface area (Å²) in [6, 6.07) is 7.00. The molecule has 2 N–H and O–H groups in total.